The van der Waals surface area contributed by atoms with E-state index in [1.165, 1.54) is 7.11 Å². The van der Waals surface area contributed by atoms with Crippen LogP contribution in [0.1, 0.15) is 6.92 Å². The number of rotatable bonds is 1. The first-order chi connectivity index (χ1) is 7.54. The molecule has 2 N–H and O–H groups in total. The summed E-state index contributed by atoms with van der Waals surface area (Å²) in [7, 11) is 1.21. The minimum Gasteiger partial charge on any atom is -0.465 e. The standard InChI is InChI=1S/C9H14O7/c1-3-5-6(4(10)7(11)15-5)16-9(14-3)8(12)13-2/h3-7,9-11H,1-2H3. The zero-order chi connectivity index (χ0) is 11.9. The second-order valence-corrected chi connectivity index (χ2v) is 3.78. The SMILES string of the molecule is COC(=O)C1OC(C)C2OC(O)C(O)C2O1. The molecule has 2 rings (SSSR count). The van der Waals surface area contributed by atoms with Crippen molar-refractivity contribution in [1.82, 2.24) is 0 Å². The Morgan fingerprint density at radius 1 is 1.19 bits per heavy atom. The number of aliphatic hydroxyl groups is 2. The Morgan fingerprint density at radius 2 is 1.88 bits per heavy atom. The normalized spacial score (nSPS) is 47.5. The summed E-state index contributed by atoms with van der Waals surface area (Å²) in [5, 5.41) is 18.9. The maximum Gasteiger partial charge on any atom is 0.363 e. The quantitative estimate of drug-likeness (QED) is 0.526. The Kier molecular flexibility index (Phi) is 3.13. The molecule has 6 atom stereocenters. The Labute approximate surface area is 91.9 Å². The average Bonchev–Trinajstić information content (AvgIpc) is 2.56. The van der Waals surface area contributed by atoms with Gasteiger partial charge in [0.2, 0.25) is 0 Å². The third-order valence-electron chi connectivity index (χ3n) is 2.72. The number of methoxy groups -OCH3 is 1. The molecule has 92 valence electrons. The number of aliphatic hydroxyl groups excluding tert-OH is 2. The third-order valence-corrected chi connectivity index (χ3v) is 2.72. The summed E-state index contributed by atoms with van der Waals surface area (Å²) in [6.45, 7) is 1.67. The summed E-state index contributed by atoms with van der Waals surface area (Å²) in [6.07, 6.45) is -5.56. The predicted molar refractivity (Wildman–Crippen MR) is 48.1 cm³/mol. The maximum atomic E-state index is 11.2. The van der Waals surface area contributed by atoms with E-state index in [-0.39, 0.29) is 0 Å². The van der Waals surface area contributed by atoms with Crippen molar-refractivity contribution in [3.05, 3.63) is 0 Å². The monoisotopic (exact) mass is 234 g/mol. The molecule has 2 saturated heterocycles. The first kappa shape index (κ1) is 11.7. The van der Waals surface area contributed by atoms with Crippen LogP contribution < -0.4 is 0 Å². The Hall–Kier alpha value is -0.730. The molecule has 2 aliphatic rings. The molecule has 0 spiro atoms. The molecule has 7 nitrogen and oxygen atoms in total. The van der Waals surface area contributed by atoms with Crippen molar-refractivity contribution in [2.75, 3.05) is 7.11 Å². The van der Waals surface area contributed by atoms with E-state index >= 15 is 0 Å². The van der Waals surface area contributed by atoms with Crippen LogP contribution in [0.25, 0.3) is 0 Å². The highest BCUT2D eigenvalue weighted by molar-refractivity contribution is 5.73. The van der Waals surface area contributed by atoms with Crippen LogP contribution in [-0.2, 0) is 23.7 Å². The number of carbonyl (C=O) groups excluding carboxylic acids is 1. The predicted octanol–water partition coefficient (Wildman–Crippen LogP) is -1.63. The van der Waals surface area contributed by atoms with Gasteiger partial charge in [-0.25, -0.2) is 4.79 Å². The summed E-state index contributed by atoms with van der Waals surface area (Å²) in [4.78, 5) is 11.2. The maximum absolute atomic E-state index is 11.2. The van der Waals surface area contributed by atoms with Crippen LogP contribution in [0.3, 0.4) is 0 Å². The van der Waals surface area contributed by atoms with Gasteiger partial charge >= 0.3 is 5.97 Å². The topological polar surface area (TPSA) is 94.5 Å². The van der Waals surface area contributed by atoms with Crippen LogP contribution in [0.2, 0.25) is 0 Å². The summed E-state index contributed by atoms with van der Waals surface area (Å²) in [5.74, 6) is -0.682. The van der Waals surface area contributed by atoms with Gasteiger partial charge < -0.3 is 29.2 Å². The van der Waals surface area contributed by atoms with Crippen molar-refractivity contribution in [1.29, 1.82) is 0 Å². The van der Waals surface area contributed by atoms with Gasteiger partial charge in [-0.1, -0.05) is 0 Å². The molecule has 0 aliphatic carbocycles. The van der Waals surface area contributed by atoms with Crippen molar-refractivity contribution in [2.24, 2.45) is 0 Å². The number of ether oxygens (including phenoxy) is 4. The van der Waals surface area contributed by atoms with Crippen molar-refractivity contribution < 1.29 is 34.0 Å². The zero-order valence-corrected chi connectivity index (χ0v) is 8.90. The molecule has 6 unspecified atom stereocenters. The molecule has 0 aromatic heterocycles. The van der Waals surface area contributed by atoms with Gasteiger partial charge in [0.1, 0.15) is 18.3 Å². The van der Waals surface area contributed by atoms with Crippen molar-refractivity contribution in [3.8, 4) is 0 Å². The molecule has 0 radical (unpaired) electrons. The van der Waals surface area contributed by atoms with Gasteiger partial charge in [0, 0.05) is 0 Å². The summed E-state index contributed by atoms with van der Waals surface area (Å²) in [6, 6.07) is 0. The lowest BCUT2D eigenvalue weighted by atomic mass is 10.1. The van der Waals surface area contributed by atoms with E-state index in [1.54, 1.807) is 6.92 Å². The summed E-state index contributed by atoms with van der Waals surface area (Å²) in [5.41, 5.74) is 0. The number of carbonyl (C=O) groups is 1. The first-order valence-electron chi connectivity index (χ1n) is 4.95. The fourth-order valence-corrected chi connectivity index (χ4v) is 1.87. The highest BCUT2D eigenvalue weighted by Gasteiger charge is 2.52. The Morgan fingerprint density at radius 3 is 2.50 bits per heavy atom. The lowest BCUT2D eigenvalue weighted by Gasteiger charge is -2.35. The van der Waals surface area contributed by atoms with Crippen LogP contribution in [0.15, 0.2) is 0 Å². The van der Waals surface area contributed by atoms with E-state index < -0.39 is 43.0 Å². The zero-order valence-electron chi connectivity index (χ0n) is 8.90. The third kappa shape index (κ3) is 1.80. The minimum absolute atomic E-state index is 0.477. The highest BCUT2D eigenvalue weighted by atomic mass is 16.8. The molecule has 0 aromatic rings. The molecule has 0 aromatic carbocycles. The molecule has 0 amide bonds. The van der Waals surface area contributed by atoms with Crippen LogP contribution in [0, 0.1) is 0 Å². The molecule has 0 saturated carbocycles. The largest absolute Gasteiger partial charge is 0.465 e. The Balaban J connectivity index is 2.10. The van der Waals surface area contributed by atoms with E-state index in [1.807, 2.05) is 0 Å². The van der Waals surface area contributed by atoms with Gasteiger partial charge in [-0.3, -0.25) is 0 Å². The van der Waals surface area contributed by atoms with E-state index in [2.05, 4.69) is 4.74 Å². The molecule has 7 heteroatoms. The van der Waals surface area contributed by atoms with Gasteiger partial charge in [-0.15, -0.1) is 0 Å². The minimum atomic E-state index is -1.32. The second-order valence-electron chi connectivity index (χ2n) is 3.78. The van der Waals surface area contributed by atoms with Crippen molar-refractivity contribution >= 4 is 5.97 Å². The lowest BCUT2D eigenvalue weighted by molar-refractivity contribution is -0.275. The van der Waals surface area contributed by atoms with Gasteiger partial charge in [0.25, 0.3) is 6.29 Å². The fraction of sp³-hybridized carbons (Fsp3) is 0.889. The number of esters is 1. The molecule has 2 aliphatic heterocycles. The van der Waals surface area contributed by atoms with Gasteiger partial charge in [-0.2, -0.15) is 0 Å². The van der Waals surface area contributed by atoms with Crippen LogP contribution in [-0.4, -0.2) is 60.3 Å². The van der Waals surface area contributed by atoms with Gasteiger partial charge in [0.05, 0.1) is 13.2 Å². The van der Waals surface area contributed by atoms with Crippen LogP contribution >= 0.6 is 0 Å². The Bertz CT molecular complexity index is 281. The molecule has 2 heterocycles. The van der Waals surface area contributed by atoms with E-state index in [4.69, 9.17) is 14.2 Å². The molecule has 2 fully saturated rings. The highest BCUT2D eigenvalue weighted by Crippen LogP contribution is 2.31. The average molecular weight is 234 g/mol. The van der Waals surface area contributed by atoms with Gasteiger partial charge in [-0.05, 0) is 6.92 Å². The molecule has 0 bridgehead atoms. The fourth-order valence-electron chi connectivity index (χ4n) is 1.87. The number of hydrogen-bond acceptors (Lipinski definition) is 7. The number of fused-ring (bicyclic) bond motifs is 1. The molecular weight excluding hydrogens is 220 g/mol. The summed E-state index contributed by atoms with van der Waals surface area (Å²) < 4.78 is 19.9. The van der Waals surface area contributed by atoms with E-state index in [9.17, 15) is 15.0 Å². The smallest absolute Gasteiger partial charge is 0.363 e. The first-order valence-corrected chi connectivity index (χ1v) is 4.95. The lowest BCUT2D eigenvalue weighted by Crippen LogP contribution is -2.52. The second kappa shape index (κ2) is 4.27. The summed E-state index contributed by atoms with van der Waals surface area (Å²) >= 11 is 0. The van der Waals surface area contributed by atoms with Crippen LogP contribution in [0.5, 0.6) is 0 Å². The van der Waals surface area contributed by atoms with E-state index in [0.29, 0.717) is 0 Å². The van der Waals surface area contributed by atoms with Gasteiger partial charge in [0.15, 0.2) is 6.29 Å². The van der Waals surface area contributed by atoms with Crippen molar-refractivity contribution in [3.63, 3.8) is 0 Å². The molecular formula is C9H14O7. The molecule has 16 heavy (non-hydrogen) atoms. The number of hydrogen-bond donors (Lipinski definition) is 2. The van der Waals surface area contributed by atoms with Crippen molar-refractivity contribution in [2.45, 2.75) is 43.9 Å². The van der Waals surface area contributed by atoms with Crippen LogP contribution in [0.4, 0.5) is 0 Å². The van der Waals surface area contributed by atoms with E-state index in [0.717, 1.165) is 0 Å².